The lowest BCUT2D eigenvalue weighted by molar-refractivity contribution is 0.0600. The van der Waals surface area contributed by atoms with E-state index in [0.29, 0.717) is 40.1 Å². The molecule has 11 heteroatoms. The molecule has 4 aromatic heterocycles. The van der Waals surface area contributed by atoms with Gasteiger partial charge in [-0.2, -0.15) is 4.52 Å². The molecule has 0 amide bonds. The van der Waals surface area contributed by atoms with Gasteiger partial charge in [-0.25, -0.2) is 4.79 Å². The molecule has 5 aromatic rings. The first-order valence-electron chi connectivity index (χ1n) is 9.93. The van der Waals surface area contributed by atoms with Crippen LogP contribution in [0.15, 0.2) is 53.2 Å². The van der Waals surface area contributed by atoms with Gasteiger partial charge in [0.25, 0.3) is 0 Å². The maximum absolute atomic E-state index is 11.6. The molecule has 4 heterocycles. The van der Waals surface area contributed by atoms with E-state index in [1.807, 2.05) is 24.3 Å². The third-order valence-corrected chi connectivity index (χ3v) is 4.91. The number of fused-ring (bicyclic) bond motifs is 3. The molecular formula is C22H18N6O5. The summed E-state index contributed by atoms with van der Waals surface area (Å²) in [5.41, 5.74) is 2.02. The Bertz CT molecular complexity index is 1440. The van der Waals surface area contributed by atoms with Crippen molar-refractivity contribution in [1.82, 2.24) is 30.0 Å². The Labute approximate surface area is 186 Å². The molecule has 1 aromatic carbocycles. The summed E-state index contributed by atoms with van der Waals surface area (Å²) in [5.74, 6) is 0.892. The molecule has 0 saturated carbocycles. The molecule has 0 aliphatic carbocycles. The van der Waals surface area contributed by atoms with Crippen molar-refractivity contribution in [2.24, 2.45) is 0 Å². The summed E-state index contributed by atoms with van der Waals surface area (Å²) in [5, 5.41) is 18.8. The Morgan fingerprint density at radius 2 is 1.91 bits per heavy atom. The van der Waals surface area contributed by atoms with Crippen LogP contribution in [-0.4, -0.2) is 50.1 Å². The minimum Gasteiger partial charge on any atom is -0.470 e. The number of nitrogens with zero attached hydrogens (tertiary/aromatic N) is 6. The molecule has 0 unspecified atom stereocenters. The van der Waals surface area contributed by atoms with E-state index < -0.39 is 5.97 Å². The van der Waals surface area contributed by atoms with E-state index in [1.54, 1.807) is 29.8 Å². The Balaban J connectivity index is 1.51. The van der Waals surface area contributed by atoms with Crippen molar-refractivity contribution in [3.8, 4) is 17.4 Å². The van der Waals surface area contributed by atoms with Crippen LogP contribution in [0.25, 0.3) is 27.9 Å². The number of methoxy groups -OCH3 is 2. The lowest BCUT2D eigenvalue weighted by Gasteiger charge is -2.09. The largest absolute Gasteiger partial charge is 0.470 e. The summed E-state index contributed by atoms with van der Waals surface area (Å²) < 4.78 is 22.6. The van der Waals surface area contributed by atoms with Crippen molar-refractivity contribution in [1.29, 1.82) is 0 Å². The van der Waals surface area contributed by atoms with Crippen LogP contribution in [0.1, 0.15) is 21.8 Å². The van der Waals surface area contributed by atoms with Gasteiger partial charge in [0, 0.05) is 30.1 Å². The highest BCUT2D eigenvalue weighted by Gasteiger charge is 2.19. The number of carbonyl (C=O) groups excluding carboxylic acids is 1. The van der Waals surface area contributed by atoms with E-state index in [4.69, 9.17) is 18.7 Å². The molecule has 0 radical (unpaired) electrons. The molecule has 0 fully saturated rings. The normalized spacial score (nSPS) is 11.2. The number of aromatic nitrogens is 6. The second-order valence-corrected chi connectivity index (χ2v) is 7.04. The van der Waals surface area contributed by atoms with E-state index in [9.17, 15) is 4.79 Å². The van der Waals surface area contributed by atoms with E-state index in [0.717, 1.165) is 10.8 Å². The van der Waals surface area contributed by atoms with Gasteiger partial charge in [-0.1, -0.05) is 23.4 Å². The Kier molecular flexibility index (Phi) is 5.37. The highest BCUT2D eigenvalue weighted by molar-refractivity contribution is 5.97. The fraction of sp³-hybridized carbons (Fsp3) is 0.182. The quantitative estimate of drug-likeness (QED) is 0.344. The van der Waals surface area contributed by atoms with Crippen molar-refractivity contribution >= 4 is 22.4 Å². The lowest BCUT2D eigenvalue weighted by Crippen LogP contribution is -2.06. The third-order valence-electron chi connectivity index (χ3n) is 4.91. The number of carbonyl (C=O) groups is 1. The first-order valence-corrected chi connectivity index (χ1v) is 9.93. The van der Waals surface area contributed by atoms with Crippen LogP contribution < -0.4 is 4.74 Å². The predicted octanol–water partition coefficient (Wildman–Crippen LogP) is 2.84. The first-order chi connectivity index (χ1) is 16.2. The fourth-order valence-corrected chi connectivity index (χ4v) is 3.34. The molecule has 0 spiro atoms. The second-order valence-electron chi connectivity index (χ2n) is 7.04. The Morgan fingerprint density at radius 3 is 2.67 bits per heavy atom. The van der Waals surface area contributed by atoms with Crippen LogP contribution in [0.3, 0.4) is 0 Å². The van der Waals surface area contributed by atoms with Crippen molar-refractivity contribution < 1.29 is 23.5 Å². The first kappa shape index (κ1) is 20.5. The molecule has 0 aliphatic heterocycles. The lowest BCUT2D eigenvalue weighted by atomic mass is 10.2. The molecule has 0 N–H and O–H groups in total. The van der Waals surface area contributed by atoms with Gasteiger partial charge in [0.2, 0.25) is 11.7 Å². The molecule has 11 nitrogen and oxygen atoms in total. The molecule has 166 valence electrons. The highest BCUT2D eigenvalue weighted by atomic mass is 16.5. The number of benzene rings is 1. The average Bonchev–Trinajstić information content (AvgIpc) is 3.49. The van der Waals surface area contributed by atoms with Crippen LogP contribution >= 0.6 is 0 Å². The summed E-state index contributed by atoms with van der Waals surface area (Å²) in [7, 11) is 2.90. The number of esters is 1. The summed E-state index contributed by atoms with van der Waals surface area (Å²) in [6.07, 6.45) is 1.44. The zero-order chi connectivity index (χ0) is 22.8. The standard InChI is InChI=1S/C22H18N6O5/c1-30-12-15-9-18(27-33-15)20-25-24-19-16-5-3-4-6-17(16)21(26-28(19)20)32-11-14-8-7-13(10-23-14)22(29)31-2/h3-10H,11-12H2,1-2H3. The molecular weight excluding hydrogens is 428 g/mol. The van der Waals surface area contributed by atoms with Gasteiger partial charge in [-0.15, -0.1) is 15.3 Å². The van der Waals surface area contributed by atoms with Crippen molar-refractivity contribution in [3.63, 3.8) is 0 Å². The molecule has 0 atom stereocenters. The molecule has 0 bridgehead atoms. The minimum absolute atomic E-state index is 0.142. The summed E-state index contributed by atoms with van der Waals surface area (Å²) in [6, 6.07) is 12.7. The summed E-state index contributed by atoms with van der Waals surface area (Å²) in [4.78, 5) is 15.9. The third kappa shape index (κ3) is 3.85. The minimum atomic E-state index is -0.449. The highest BCUT2D eigenvalue weighted by Crippen LogP contribution is 2.29. The molecule has 33 heavy (non-hydrogen) atoms. The van der Waals surface area contributed by atoms with Crippen molar-refractivity contribution in [2.45, 2.75) is 13.2 Å². The fourth-order valence-electron chi connectivity index (χ4n) is 3.34. The van der Waals surface area contributed by atoms with Crippen LogP contribution in [0.4, 0.5) is 0 Å². The van der Waals surface area contributed by atoms with Crippen LogP contribution in [0.2, 0.25) is 0 Å². The van der Waals surface area contributed by atoms with Crippen LogP contribution in [-0.2, 0) is 22.7 Å². The van der Waals surface area contributed by atoms with E-state index in [2.05, 4.69) is 25.4 Å². The predicted molar refractivity (Wildman–Crippen MR) is 114 cm³/mol. The van der Waals surface area contributed by atoms with Crippen LogP contribution in [0, 0.1) is 0 Å². The Hall–Kier alpha value is -4.38. The van der Waals surface area contributed by atoms with E-state index >= 15 is 0 Å². The van der Waals surface area contributed by atoms with Crippen molar-refractivity contribution in [3.05, 3.63) is 65.7 Å². The van der Waals surface area contributed by atoms with Gasteiger partial charge < -0.3 is 18.7 Å². The Morgan fingerprint density at radius 1 is 1.06 bits per heavy atom. The molecule has 0 saturated heterocycles. The van der Waals surface area contributed by atoms with Gasteiger partial charge in [0.05, 0.1) is 18.4 Å². The maximum Gasteiger partial charge on any atom is 0.339 e. The topological polar surface area (TPSA) is 127 Å². The van der Waals surface area contributed by atoms with Crippen molar-refractivity contribution in [2.75, 3.05) is 14.2 Å². The zero-order valence-corrected chi connectivity index (χ0v) is 17.8. The number of pyridine rings is 1. The van der Waals surface area contributed by atoms with E-state index in [1.165, 1.54) is 13.3 Å². The van der Waals surface area contributed by atoms with Crippen LogP contribution in [0.5, 0.6) is 5.88 Å². The van der Waals surface area contributed by atoms with Gasteiger partial charge in [0.1, 0.15) is 13.2 Å². The monoisotopic (exact) mass is 446 g/mol. The number of rotatable bonds is 7. The summed E-state index contributed by atoms with van der Waals surface area (Å²) >= 11 is 0. The second kappa shape index (κ2) is 8.63. The number of ether oxygens (including phenoxy) is 3. The number of hydrogen-bond donors (Lipinski definition) is 0. The average molecular weight is 446 g/mol. The van der Waals surface area contributed by atoms with Gasteiger partial charge in [-0.3, -0.25) is 4.98 Å². The van der Waals surface area contributed by atoms with Gasteiger partial charge in [0.15, 0.2) is 17.1 Å². The summed E-state index contributed by atoms with van der Waals surface area (Å²) in [6.45, 7) is 0.430. The molecule has 0 aliphatic rings. The maximum atomic E-state index is 11.6. The smallest absolute Gasteiger partial charge is 0.339 e. The molecule has 5 rings (SSSR count). The van der Waals surface area contributed by atoms with Gasteiger partial charge >= 0.3 is 5.97 Å². The van der Waals surface area contributed by atoms with E-state index in [-0.39, 0.29) is 13.2 Å². The number of hydrogen-bond acceptors (Lipinski definition) is 10. The van der Waals surface area contributed by atoms with Gasteiger partial charge in [-0.05, 0) is 18.2 Å². The SMILES string of the molecule is COCc1cc(-c2nnc3c4ccccc4c(OCc4ccc(C(=O)OC)cn4)nn23)no1. The zero-order valence-electron chi connectivity index (χ0n) is 17.8.